The summed E-state index contributed by atoms with van der Waals surface area (Å²) in [4.78, 5) is 38.3. The van der Waals surface area contributed by atoms with E-state index in [9.17, 15) is 14.4 Å². The summed E-state index contributed by atoms with van der Waals surface area (Å²) < 4.78 is 15.1. The minimum atomic E-state index is -0.496. The third-order valence-electron chi connectivity index (χ3n) is 3.96. The molecule has 1 aromatic carbocycles. The molecule has 7 heteroatoms. The Balaban J connectivity index is 1.96. The molecule has 0 aliphatic carbocycles. The maximum Gasteiger partial charge on any atom is 0.343 e. The van der Waals surface area contributed by atoms with Crippen molar-refractivity contribution in [3.8, 4) is 11.5 Å². The molecule has 0 amide bonds. The Hall–Kier alpha value is -3.09. The van der Waals surface area contributed by atoms with E-state index < -0.39 is 17.9 Å². The molecular formula is C18H17NO6. The Morgan fingerprint density at radius 2 is 2.12 bits per heavy atom. The van der Waals surface area contributed by atoms with Crippen LogP contribution in [-0.2, 0) is 14.3 Å². The average Bonchev–Trinajstić information content (AvgIpc) is 2.58. The second-order valence-electron chi connectivity index (χ2n) is 5.73. The van der Waals surface area contributed by atoms with Crippen molar-refractivity contribution in [2.45, 2.75) is 19.3 Å². The van der Waals surface area contributed by atoms with Crippen LogP contribution in [0.3, 0.4) is 0 Å². The SMILES string of the molecule is COC(=O)COc1cccc(C2CC(=O)Oc3cc(C)[nH]c(=O)c32)c1. The van der Waals surface area contributed by atoms with Crippen molar-refractivity contribution in [1.29, 1.82) is 0 Å². The van der Waals surface area contributed by atoms with Crippen molar-refractivity contribution in [1.82, 2.24) is 4.98 Å². The van der Waals surface area contributed by atoms with Gasteiger partial charge in [-0.25, -0.2) is 4.79 Å². The maximum atomic E-state index is 12.4. The Morgan fingerprint density at radius 1 is 1.32 bits per heavy atom. The summed E-state index contributed by atoms with van der Waals surface area (Å²) in [6.07, 6.45) is 0.0552. The molecular weight excluding hydrogens is 326 g/mol. The number of nitrogens with one attached hydrogen (secondary N) is 1. The van der Waals surface area contributed by atoms with Gasteiger partial charge in [-0.15, -0.1) is 0 Å². The molecule has 1 aromatic heterocycles. The first kappa shape index (κ1) is 16.8. The van der Waals surface area contributed by atoms with Crippen LogP contribution in [0.1, 0.15) is 29.2 Å². The number of carbonyl (C=O) groups is 2. The molecule has 1 N–H and O–H groups in total. The molecule has 0 spiro atoms. The van der Waals surface area contributed by atoms with E-state index in [2.05, 4.69) is 9.72 Å². The minimum Gasteiger partial charge on any atom is -0.482 e. The number of hydrogen-bond donors (Lipinski definition) is 1. The van der Waals surface area contributed by atoms with Crippen molar-refractivity contribution in [2.75, 3.05) is 13.7 Å². The number of methoxy groups -OCH3 is 1. The van der Waals surface area contributed by atoms with Gasteiger partial charge in [0, 0.05) is 17.7 Å². The number of aryl methyl sites for hydroxylation is 1. The molecule has 0 fully saturated rings. The molecule has 25 heavy (non-hydrogen) atoms. The summed E-state index contributed by atoms with van der Waals surface area (Å²) in [7, 11) is 1.28. The van der Waals surface area contributed by atoms with Gasteiger partial charge in [0.05, 0.1) is 19.1 Å². The lowest BCUT2D eigenvalue weighted by atomic mass is 9.87. The number of pyridine rings is 1. The monoisotopic (exact) mass is 343 g/mol. The first-order chi connectivity index (χ1) is 12.0. The van der Waals surface area contributed by atoms with Crippen molar-refractivity contribution in [2.24, 2.45) is 0 Å². The topological polar surface area (TPSA) is 94.7 Å². The van der Waals surface area contributed by atoms with E-state index in [1.54, 1.807) is 37.3 Å². The van der Waals surface area contributed by atoms with Crippen molar-refractivity contribution in [3.63, 3.8) is 0 Å². The average molecular weight is 343 g/mol. The Kier molecular flexibility index (Phi) is 4.56. The fraction of sp³-hybridized carbons (Fsp3) is 0.278. The lowest BCUT2D eigenvalue weighted by molar-refractivity contribution is -0.143. The number of fused-ring (bicyclic) bond motifs is 1. The second kappa shape index (κ2) is 6.80. The van der Waals surface area contributed by atoms with Gasteiger partial charge in [-0.3, -0.25) is 9.59 Å². The van der Waals surface area contributed by atoms with Gasteiger partial charge >= 0.3 is 11.9 Å². The third kappa shape index (κ3) is 3.55. The zero-order valence-corrected chi connectivity index (χ0v) is 13.8. The molecule has 130 valence electrons. The van der Waals surface area contributed by atoms with Gasteiger partial charge in [-0.2, -0.15) is 0 Å². The molecule has 0 saturated carbocycles. The van der Waals surface area contributed by atoms with Crippen molar-refractivity contribution >= 4 is 11.9 Å². The zero-order valence-electron chi connectivity index (χ0n) is 13.8. The molecule has 3 rings (SSSR count). The van der Waals surface area contributed by atoms with Crippen LogP contribution in [0.5, 0.6) is 11.5 Å². The first-order valence-electron chi connectivity index (χ1n) is 7.72. The highest BCUT2D eigenvalue weighted by atomic mass is 16.6. The molecule has 1 atom stereocenters. The van der Waals surface area contributed by atoms with Crippen LogP contribution in [0.2, 0.25) is 0 Å². The number of benzene rings is 1. The van der Waals surface area contributed by atoms with Crippen LogP contribution >= 0.6 is 0 Å². The highest BCUT2D eigenvalue weighted by Gasteiger charge is 2.31. The number of carbonyl (C=O) groups excluding carboxylic acids is 2. The highest BCUT2D eigenvalue weighted by Crippen LogP contribution is 2.37. The highest BCUT2D eigenvalue weighted by molar-refractivity contribution is 5.77. The molecule has 0 bridgehead atoms. The molecule has 1 unspecified atom stereocenters. The molecule has 2 heterocycles. The second-order valence-corrected chi connectivity index (χ2v) is 5.73. The van der Waals surface area contributed by atoms with E-state index in [0.29, 0.717) is 17.0 Å². The van der Waals surface area contributed by atoms with Gasteiger partial charge in [-0.1, -0.05) is 12.1 Å². The van der Waals surface area contributed by atoms with E-state index in [4.69, 9.17) is 9.47 Å². The van der Waals surface area contributed by atoms with Gasteiger partial charge in [0.1, 0.15) is 11.5 Å². The number of rotatable bonds is 4. The first-order valence-corrected chi connectivity index (χ1v) is 7.72. The number of esters is 2. The van der Waals surface area contributed by atoms with Crippen LogP contribution < -0.4 is 15.0 Å². The molecule has 2 aromatic rings. The van der Waals surface area contributed by atoms with E-state index in [1.807, 2.05) is 0 Å². The number of H-pyrrole nitrogens is 1. The number of aromatic nitrogens is 1. The normalized spacial score (nSPS) is 15.9. The number of ether oxygens (including phenoxy) is 3. The number of aromatic amines is 1. The Labute approximate surface area is 143 Å². The van der Waals surface area contributed by atoms with E-state index >= 15 is 0 Å². The summed E-state index contributed by atoms with van der Waals surface area (Å²) in [6, 6.07) is 8.57. The van der Waals surface area contributed by atoms with E-state index in [-0.39, 0.29) is 24.3 Å². The Morgan fingerprint density at radius 3 is 2.88 bits per heavy atom. The number of hydrogen-bond acceptors (Lipinski definition) is 6. The van der Waals surface area contributed by atoms with Crippen LogP contribution in [-0.4, -0.2) is 30.6 Å². The minimum absolute atomic E-state index is 0.0552. The predicted molar refractivity (Wildman–Crippen MR) is 87.8 cm³/mol. The summed E-state index contributed by atoms with van der Waals surface area (Å²) >= 11 is 0. The van der Waals surface area contributed by atoms with Gasteiger partial charge in [0.25, 0.3) is 5.56 Å². The van der Waals surface area contributed by atoms with Gasteiger partial charge in [0.2, 0.25) is 0 Å². The molecule has 0 saturated heterocycles. The zero-order chi connectivity index (χ0) is 18.0. The smallest absolute Gasteiger partial charge is 0.343 e. The third-order valence-corrected chi connectivity index (χ3v) is 3.96. The maximum absolute atomic E-state index is 12.4. The standard InChI is InChI=1S/C18H17NO6/c1-10-6-14-17(18(22)19-10)13(8-15(20)25-14)11-4-3-5-12(7-11)24-9-16(21)23-2/h3-7,13H,8-9H2,1-2H3,(H,19,22). The lowest BCUT2D eigenvalue weighted by Gasteiger charge is -2.24. The lowest BCUT2D eigenvalue weighted by Crippen LogP contribution is -2.28. The molecule has 0 radical (unpaired) electrons. The fourth-order valence-electron chi connectivity index (χ4n) is 2.82. The molecule has 1 aliphatic rings. The van der Waals surface area contributed by atoms with E-state index in [1.165, 1.54) is 7.11 Å². The van der Waals surface area contributed by atoms with Crippen LogP contribution in [0.25, 0.3) is 0 Å². The summed E-state index contributed by atoms with van der Waals surface area (Å²) in [5.41, 5.74) is 1.48. The Bertz CT molecular complexity index is 885. The van der Waals surface area contributed by atoms with Gasteiger partial charge in [-0.05, 0) is 24.6 Å². The quantitative estimate of drug-likeness (QED) is 0.849. The van der Waals surface area contributed by atoms with Crippen molar-refractivity contribution < 1.29 is 23.8 Å². The van der Waals surface area contributed by atoms with Crippen LogP contribution in [0.15, 0.2) is 35.1 Å². The van der Waals surface area contributed by atoms with Gasteiger partial charge < -0.3 is 19.2 Å². The summed E-state index contributed by atoms with van der Waals surface area (Å²) in [6.45, 7) is 1.50. The van der Waals surface area contributed by atoms with Gasteiger partial charge in [0.15, 0.2) is 6.61 Å². The fourth-order valence-corrected chi connectivity index (χ4v) is 2.82. The summed E-state index contributed by atoms with van der Waals surface area (Å²) in [5.74, 6) is -0.607. The van der Waals surface area contributed by atoms with Crippen molar-refractivity contribution in [3.05, 3.63) is 57.5 Å². The molecule has 7 nitrogen and oxygen atoms in total. The van der Waals surface area contributed by atoms with Crippen LogP contribution in [0, 0.1) is 6.92 Å². The van der Waals surface area contributed by atoms with Crippen LogP contribution in [0.4, 0.5) is 0 Å². The van der Waals surface area contributed by atoms with E-state index in [0.717, 1.165) is 5.56 Å². The largest absolute Gasteiger partial charge is 0.482 e. The molecule has 1 aliphatic heterocycles. The predicted octanol–water partition coefficient (Wildman–Crippen LogP) is 1.68. The summed E-state index contributed by atoms with van der Waals surface area (Å²) in [5, 5.41) is 0.